The van der Waals surface area contributed by atoms with Crippen molar-refractivity contribution in [1.82, 2.24) is 10.2 Å². The van der Waals surface area contributed by atoms with E-state index >= 15 is 0 Å². The predicted molar refractivity (Wildman–Crippen MR) is 69.4 cm³/mol. The van der Waals surface area contributed by atoms with Gasteiger partial charge in [0.05, 0.1) is 0 Å². The minimum Gasteiger partial charge on any atom is -0.446 e. The number of carbonyl (C=O) groups excluding carboxylic acids is 1. The van der Waals surface area contributed by atoms with E-state index in [1.165, 1.54) is 12.8 Å². The van der Waals surface area contributed by atoms with E-state index in [0.29, 0.717) is 12.1 Å². The first-order valence-corrected chi connectivity index (χ1v) is 7.42. The van der Waals surface area contributed by atoms with Crippen molar-refractivity contribution in [3.05, 3.63) is 0 Å². The van der Waals surface area contributed by atoms with Crippen molar-refractivity contribution in [2.75, 3.05) is 13.1 Å². The van der Waals surface area contributed by atoms with Gasteiger partial charge in [0.25, 0.3) is 0 Å². The highest BCUT2D eigenvalue weighted by atomic mass is 16.6. The number of carbonyl (C=O) groups is 1. The molecule has 0 aromatic rings. The lowest BCUT2D eigenvalue weighted by Crippen LogP contribution is -2.45. The number of piperidine rings is 2. The van der Waals surface area contributed by atoms with Crippen molar-refractivity contribution in [3.63, 3.8) is 0 Å². The summed E-state index contributed by atoms with van der Waals surface area (Å²) in [6.45, 7) is 4.00. The molecule has 3 aliphatic heterocycles. The molecular formula is C14H24N2O2. The summed E-state index contributed by atoms with van der Waals surface area (Å²) in [7, 11) is 0. The molecule has 2 unspecified atom stereocenters. The lowest BCUT2D eigenvalue weighted by Gasteiger charge is -2.33. The van der Waals surface area contributed by atoms with E-state index in [1.807, 2.05) is 4.90 Å². The Morgan fingerprint density at radius 2 is 1.72 bits per heavy atom. The van der Waals surface area contributed by atoms with Crippen molar-refractivity contribution in [2.24, 2.45) is 5.92 Å². The Morgan fingerprint density at radius 1 is 1.11 bits per heavy atom. The molecule has 3 aliphatic rings. The number of fused-ring (bicyclic) bond motifs is 2. The van der Waals surface area contributed by atoms with Gasteiger partial charge in [-0.3, -0.25) is 0 Å². The molecule has 4 heteroatoms. The summed E-state index contributed by atoms with van der Waals surface area (Å²) in [5.41, 5.74) is 0. The van der Waals surface area contributed by atoms with Crippen molar-refractivity contribution in [3.8, 4) is 0 Å². The van der Waals surface area contributed by atoms with Gasteiger partial charge in [0.1, 0.15) is 6.10 Å². The number of ether oxygens (including phenoxy) is 1. The maximum atomic E-state index is 12.1. The van der Waals surface area contributed by atoms with Crippen LogP contribution in [0.4, 0.5) is 4.79 Å². The highest BCUT2D eigenvalue weighted by molar-refractivity contribution is 5.68. The quantitative estimate of drug-likeness (QED) is 0.777. The first kappa shape index (κ1) is 12.3. The second-order valence-electron chi connectivity index (χ2n) is 6.28. The summed E-state index contributed by atoms with van der Waals surface area (Å²) >= 11 is 0. The molecule has 1 N–H and O–H groups in total. The van der Waals surface area contributed by atoms with Crippen LogP contribution in [0.25, 0.3) is 0 Å². The Kier molecular flexibility index (Phi) is 3.46. The van der Waals surface area contributed by atoms with Crippen LogP contribution in [0, 0.1) is 5.92 Å². The number of amides is 1. The normalized spacial score (nSPS) is 36.7. The molecule has 0 saturated carbocycles. The van der Waals surface area contributed by atoms with Crippen LogP contribution in [0.1, 0.15) is 45.4 Å². The summed E-state index contributed by atoms with van der Waals surface area (Å²) in [5.74, 6) is 0.753. The molecule has 4 nitrogen and oxygen atoms in total. The molecule has 18 heavy (non-hydrogen) atoms. The van der Waals surface area contributed by atoms with Gasteiger partial charge in [-0.1, -0.05) is 6.92 Å². The van der Waals surface area contributed by atoms with Gasteiger partial charge in [-0.2, -0.15) is 0 Å². The predicted octanol–water partition coefficient (Wildman–Crippen LogP) is 2.14. The molecular weight excluding hydrogens is 228 g/mol. The standard InChI is InChI=1S/C14H24N2O2/c1-10-4-6-16(7-5-10)14(17)18-13-8-11-2-3-12(9-13)15-11/h10-13,15H,2-9H2,1H3. The molecule has 3 fully saturated rings. The van der Waals surface area contributed by atoms with Gasteiger partial charge < -0.3 is 15.0 Å². The zero-order chi connectivity index (χ0) is 12.5. The van der Waals surface area contributed by atoms with Crippen molar-refractivity contribution in [2.45, 2.75) is 63.6 Å². The number of likely N-dealkylation sites (tertiary alicyclic amines) is 1. The number of hydrogen-bond acceptors (Lipinski definition) is 3. The molecule has 0 aliphatic carbocycles. The molecule has 3 saturated heterocycles. The zero-order valence-corrected chi connectivity index (χ0v) is 11.2. The van der Waals surface area contributed by atoms with E-state index < -0.39 is 0 Å². The monoisotopic (exact) mass is 252 g/mol. The van der Waals surface area contributed by atoms with Crippen LogP contribution < -0.4 is 5.32 Å². The smallest absolute Gasteiger partial charge is 0.410 e. The highest BCUT2D eigenvalue weighted by Gasteiger charge is 2.36. The average Bonchev–Trinajstić information content (AvgIpc) is 2.69. The lowest BCUT2D eigenvalue weighted by atomic mass is 10.00. The van der Waals surface area contributed by atoms with Gasteiger partial charge in [0.2, 0.25) is 0 Å². The van der Waals surface area contributed by atoms with Crippen LogP contribution in [0.15, 0.2) is 0 Å². The fourth-order valence-corrected chi connectivity index (χ4v) is 3.51. The minimum absolute atomic E-state index is 0.0757. The van der Waals surface area contributed by atoms with E-state index in [4.69, 9.17) is 4.74 Å². The van der Waals surface area contributed by atoms with E-state index in [1.54, 1.807) is 0 Å². The molecule has 0 spiro atoms. The largest absolute Gasteiger partial charge is 0.446 e. The average molecular weight is 252 g/mol. The van der Waals surface area contributed by atoms with Crippen LogP contribution in [-0.2, 0) is 4.74 Å². The van der Waals surface area contributed by atoms with Crippen LogP contribution >= 0.6 is 0 Å². The highest BCUT2D eigenvalue weighted by Crippen LogP contribution is 2.29. The van der Waals surface area contributed by atoms with E-state index in [2.05, 4.69) is 12.2 Å². The van der Waals surface area contributed by atoms with Gasteiger partial charge in [-0.05, 0) is 44.4 Å². The van der Waals surface area contributed by atoms with Crippen molar-refractivity contribution < 1.29 is 9.53 Å². The van der Waals surface area contributed by atoms with E-state index in [0.717, 1.165) is 44.7 Å². The molecule has 1 amide bonds. The van der Waals surface area contributed by atoms with Crippen LogP contribution in [0.3, 0.4) is 0 Å². The fourth-order valence-electron chi connectivity index (χ4n) is 3.51. The summed E-state index contributed by atoms with van der Waals surface area (Å²) in [4.78, 5) is 14.0. The van der Waals surface area contributed by atoms with Gasteiger partial charge in [0.15, 0.2) is 0 Å². The minimum atomic E-state index is -0.0757. The van der Waals surface area contributed by atoms with E-state index in [9.17, 15) is 4.79 Å². The first-order valence-electron chi connectivity index (χ1n) is 7.42. The second kappa shape index (κ2) is 5.08. The first-order chi connectivity index (χ1) is 8.70. The van der Waals surface area contributed by atoms with Crippen LogP contribution in [-0.4, -0.2) is 42.3 Å². The van der Waals surface area contributed by atoms with Gasteiger partial charge in [-0.15, -0.1) is 0 Å². The third-order valence-corrected chi connectivity index (χ3v) is 4.74. The molecule has 102 valence electrons. The van der Waals surface area contributed by atoms with Crippen molar-refractivity contribution >= 4 is 6.09 Å². The third-order valence-electron chi connectivity index (χ3n) is 4.74. The fraction of sp³-hybridized carbons (Fsp3) is 0.929. The summed E-state index contributed by atoms with van der Waals surface area (Å²) < 4.78 is 5.69. The maximum absolute atomic E-state index is 12.1. The lowest BCUT2D eigenvalue weighted by molar-refractivity contribution is 0.0332. The Hall–Kier alpha value is -0.770. The SMILES string of the molecule is CC1CCN(C(=O)OC2CC3CCC(C2)N3)CC1. The maximum Gasteiger partial charge on any atom is 0.410 e. The molecule has 0 aromatic heterocycles. The zero-order valence-electron chi connectivity index (χ0n) is 11.2. The Bertz CT molecular complexity index is 301. The third kappa shape index (κ3) is 2.63. The molecule has 3 rings (SSSR count). The van der Waals surface area contributed by atoms with E-state index in [-0.39, 0.29) is 12.2 Å². The number of hydrogen-bond donors (Lipinski definition) is 1. The number of rotatable bonds is 1. The summed E-state index contributed by atoms with van der Waals surface area (Å²) in [6, 6.07) is 1.17. The molecule has 2 bridgehead atoms. The van der Waals surface area contributed by atoms with Crippen LogP contribution in [0.2, 0.25) is 0 Å². The molecule has 0 radical (unpaired) electrons. The van der Waals surface area contributed by atoms with Gasteiger partial charge >= 0.3 is 6.09 Å². The number of nitrogens with one attached hydrogen (secondary N) is 1. The Morgan fingerprint density at radius 3 is 2.33 bits per heavy atom. The summed E-state index contributed by atoms with van der Waals surface area (Å²) in [6.07, 6.45) is 6.82. The molecule has 0 aromatic carbocycles. The number of nitrogens with zero attached hydrogens (tertiary/aromatic N) is 1. The Balaban J connectivity index is 1.49. The van der Waals surface area contributed by atoms with Crippen LogP contribution in [0.5, 0.6) is 0 Å². The Labute approximate surface area is 109 Å². The topological polar surface area (TPSA) is 41.6 Å². The molecule has 3 heterocycles. The van der Waals surface area contributed by atoms with Gasteiger partial charge in [0, 0.05) is 25.2 Å². The molecule has 2 atom stereocenters. The second-order valence-corrected chi connectivity index (χ2v) is 6.28. The van der Waals surface area contributed by atoms with Crippen molar-refractivity contribution in [1.29, 1.82) is 0 Å². The van der Waals surface area contributed by atoms with Gasteiger partial charge in [-0.25, -0.2) is 4.79 Å². The summed E-state index contributed by atoms with van der Waals surface area (Å²) in [5, 5.41) is 3.57.